The van der Waals surface area contributed by atoms with Gasteiger partial charge in [-0.3, -0.25) is 4.90 Å². The van der Waals surface area contributed by atoms with Crippen molar-refractivity contribution < 1.29 is 18.3 Å². The van der Waals surface area contributed by atoms with Crippen molar-refractivity contribution in [1.29, 1.82) is 0 Å². The number of likely N-dealkylation sites (N-methyl/N-ethyl adjacent to an activating group) is 1. The first-order valence-corrected chi connectivity index (χ1v) is 6.65. The third kappa shape index (κ3) is 4.31. The van der Waals surface area contributed by atoms with E-state index in [2.05, 4.69) is 9.64 Å². The van der Waals surface area contributed by atoms with Gasteiger partial charge < -0.3 is 15.2 Å². The molecular formula is C14H22F2N2O2. The summed E-state index contributed by atoms with van der Waals surface area (Å²) in [4.78, 5) is 2.08. The van der Waals surface area contributed by atoms with Crippen molar-refractivity contribution in [3.8, 4) is 11.5 Å². The van der Waals surface area contributed by atoms with Crippen molar-refractivity contribution in [3.05, 3.63) is 23.8 Å². The predicted octanol–water partition coefficient (Wildman–Crippen LogP) is 2.64. The summed E-state index contributed by atoms with van der Waals surface area (Å²) in [5, 5.41) is 0. The van der Waals surface area contributed by atoms with Crippen LogP contribution >= 0.6 is 0 Å². The lowest BCUT2D eigenvalue weighted by molar-refractivity contribution is -0.0514. The molecule has 6 heteroatoms. The number of hydrogen-bond acceptors (Lipinski definition) is 4. The molecule has 0 spiro atoms. The highest BCUT2D eigenvalue weighted by atomic mass is 19.3. The molecule has 0 heterocycles. The molecule has 1 aromatic carbocycles. The average Bonchev–Trinajstić information content (AvgIpc) is 2.41. The molecule has 0 aromatic heterocycles. The van der Waals surface area contributed by atoms with E-state index in [1.807, 2.05) is 14.0 Å². The topological polar surface area (TPSA) is 47.7 Å². The molecule has 0 aliphatic carbocycles. The van der Waals surface area contributed by atoms with Gasteiger partial charge in [0.25, 0.3) is 0 Å². The normalized spacial score (nSPS) is 12.8. The van der Waals surface area contributed by atoms with Gasteiger partial charge in [-0.1, -0.05) is 13.0 Å². The lowest BCUT2D eigenvalue weighted by Gasteiger charge is -2.26. The molecule has 0 saturated carbocycles. The second-order valence-corrected chi connectivity index (χ2v) is 4.34. The summed E-state index contributed by atoms with van der Waals surface area (Å²) in [7, 11) is 1.96. The van der Waals surface area contributed by atoms with Crippen LogP contribution in [-0.2, 0) is 0 Å². The highest BCUT2D eigenvalue weighted by Crippen LogP contribution is 2.32. The Morgan fingerprint density at radius 2 is 1.95 bits per heavy atom. The van der Waals surface area contributed by atoms with E-state index in [9.17, 15) is 8.78 Å². The van der Waals surface area contributed by atoms with E-state index >= 15 is 0 Å². The monoisotopic (exact) mass is 288 g/mol. The van der Waals surface area contributed by atoms with E-state index < -0.39 is 6.61 Å². The quantitative estimate of drug-likeness (QED) is 0.799. The Balaban J connectivity index is 3.07. The van der Waals surface area contributed by atoms with Gasteiger partial charge in [0.05, 0.1) is 6.61 Å². The molecule has 1 unspecified atom stereocenters. The summed E-state index contributed by atoms with van der Waals surface area (Å²) < 4.78 is 34.5. The Bertz CT molecular complexity index is 416. The van der Waals surface area contributed by atoms with Crippen LogP contribution in [0.5, 0.6) is 11.5 Å². The smallest absolute Gasteiger partial charge is 0.387 e. The first kappa shape index (κ1) is 16.7. The number of alkyl halides is 2. The van der Waals surface area contributed by atoms with E-state index in [0.29, 0.717) is 18.9 Å². The standard InChI is InChI=1S/C14H22F2N2O2/c1-4-18(3)11(9-17)10-6-7-12(20-14(15)16)13(8-10)19-5-2/h6-8,11,14H,4-5,9,17H2,1-3H3. The molecule has 1 aromatic rings. The van der Waals surface area contributed by atoms with Gasteiger partial charge in [0.15, 0.2) is 11.5 Å². The molecule has 0 aliphatic rings. The molecule has 0 radical (unpaired) electrons. The van der Waals surface area contributed by atoms with Crippen molar-refractivity contribution in [2.45, 2.75) is 26.5 Å². The number of nitrogens with two attached hydrogens (primary N) is 1. The van der Waals surface area contributed by atoms with Gasteiger partial charge in [-0.25, -0.2) is 0 Å². The molecule has 1 rings (SSSR count). The van der Waals surface area contributed by atoms with Crippen LogP contribution in [0.1, 0.15) is 25.5 Å². The molecule has 20 heavy (non-hydrogen) atoms. The zero-order chi connectivity index (χ0) is 15.1. The Labute approximate surface area is 118 Å². The average molecular weight is 288 g/mol. The maximum Gasteiger partial charge on any atom is 0.387 e. The van der Waals surface area contributed by atoms with Crippen LogP contribution in [0.15, 0.2) is 18.2 Å². The van der Waals surface area contributed by atoms with Crippen LogP contribution in [0.4, 0.5) is 8.78 Å². The Hall–Kier alpha value is -1.40. The number of ether oxygens (including phenoxy) is 2. The van der Waals surface area contributed by atoms with E-state index in [1.165, 1.54) is 6.07 Å². The van der Waals surface area contributed by atoms with E-state index in [-0.39, 0.29) is 11.8 Å². The fourth-order valence-corrected chi connectivity index (χ4v) is 1.98. The van der Waals surface area contributed by atoms with Gasteiger partial charge >= 0.3 is 6.61 Å². The number of hydrogen-bond donors (Lipinski definition) is 1. The summed E-state index contributed by atoms with van der Waals surface area (Å²) in [5.74, 6) is 0.355. The van der Waals surface area contributed by atoms with Crippen molar-refractivity contribution in [2.24, 2.45) is 5.73 Å². The number of halogens is 2. The molecule has 0 bridgehead atoms. The van der Waals surface area contributed by atoms with Crippen molar-refractivity contribution in [3.63, 3.8) is 0 Å². The van der Waals surface area contributed by atoms with Gasteiger partial charge in [-0.05, 0) is 38.2 Å². The SMILES string of the molecule is CCOc1cc(C(CN)N(C)CC)ccc1OC(F)F. The van der Waals surface area contributed by atoms with Crippen molar-refractivity contribution >= 4 is 0 Å². The zero-order valence-corrected chi connectivity index (χ0v) is 12.1. The van der Waals surface area contributed by atoms with Gasteiger partial charge in [0.2, 0.25) is 0 Å². The maximum atomic E-state index is 12.3. The molecular weight excluding hydrogens is 266 g/mol. The van der Waals surface area contributed by atoms with Gasteiger partial charge in [0.1, 0.15) is 0 Å². The summed E-state index contributed by atoms with van der Waals surface area (Å²) >= 11 is 0. The third-order valence-corrected chi connectivity index (χ3v) is 3.12. The Morgan fingerprint density at radius 3 is 2.45 bits per heavy atom. The third-order valence-electron chi connectivity index (χ3n) is 3.12. The lowest BCUT2D eigenvalue weighted by Crippen LogP contribution is -2.30. The highest BCUT2D eigenvalue weighted by molar-refractivity contribution is 5.44. The number of benzene rings is 1. The molecule has 0 amide bonds. The van der Waals surface area contributed by atoms with E-state index in [4.69, 9.17) is 10.5 Å². The summed E-state index contributed by atoms with van der Waals surface area (Å²) in [6, 6.07) is 4.97. The van der Waals surface area contributed by atoms with Gasteiger partial charge in [-0.15, -0.1) is 0 Å². The van der Waals surface area contributed by atoms with Gasteiger partial charge in [0, 0.05) is 12.6 Å². The minimum absolute atomic E-state index is 0.0137. The second-order valence-electron chi connectivity index (χ2n) is 4.34. The molecule has 0 aliphatic heterocycles. The summed E-state index contributed by atoms with van der Waals surface area (Å²) in [6.07, 6.45) is 0. The van der Waals surface area contributed by atoms with Crippen LogP contribution in [0.3, 0.4) is 0 Å². The van der Waals surface area contributed by atoms with Crippen LogP contribution in [0.2, 0.25) is 0 Å². The van der Waals surface area contributed by atoms with Crippen LogP contribution in [0.25, 0.3) is 0 Å². The molecule has 0 fully saturated rings. The number of rotatable bonds is 8. The molecule has 4 nitrogen and oxygen atoms in total. The Morgan fingerprint density at radius 1 is 1.25 bits per heavy atom. The number of nitrogens with zero attached hydrogens (tertiary/aromatic N) is 1. The van der Waals surface area contributed by atoms with E-state index in [1.54, 1.807) is 19.1 Å². The molecule has 114 valence electrons. The fraction of sp³-hybridized carbons (Fsp3) is 0.571. The van der Waals surface area contributed by atoms with Crippen LogP contribution in [0, 0.1) is 0 Å². The molecule has 1 atom stereocenters. The van der Waals surface area contributed by atoms with Gasteiger partial charge in [-0.2, -0.15) is 8.78 Å². The maximum absolute atomic E-state index is 12.3. The first-order chi connectivity index (χ1) is 9.53. The molecule has 2 N–H and O–H groups in total. The van der Waals surface area contributed by atoms with Crippen LogP contribution in [-0.4, -0.2) is 38.3 Å². The first-order valence-electron chi connectivity index (χ1n) is 6.65. The Kier molecular flexibility index (Phi) is 6.67. The zero-order valence-electron chi connectivity index (χ0n) is 12.1. The summed E-state index contributed by atoms with van der Waals surface area (Å²) in [5.41, 5.74) is 6.71. The lowest BCUT2D eigenvalue weighted by atomic mass is 10.0. The van der Waals surface area contributed by atoms with Crippen molar-refractivity contribution in [1.82, 2.24) is 4.90 Å². The summed E-state index contributed by atoms with van der Waals surface area (Å²) in [6.45, 7) is 2.59. The highest BCUT2D eigenvalue weighted by Gasteiger charge is 2.18. The minimum atomic E-state index is -2.87. The van der Waals surface area contributed by atoms with Crippen molar-refractivity contribution in [2.75, 3.05) is 26.7 Å². The second kappa shape index (κ2) is 8.01. The fourth-order valence-electron chi connectivity index (χ4n) is 1.98. The van der Waals surface area contributed by atoms with Crippen LogP contribution < -0.4 is 15.2 Å². The van der Waals surface area contributed by atoms with E-state index in [0.717, 1.165) is 12.1 Å². The minimum Gasteiger partial charge on any atom is -0.490 e. The molecule has 0 saturated heterocycles. The predicted molar refractivity (Wildman–Crippen MR) is 74.3 cm³/mol. The largest absolute Gasteiger partial charge is 0.490 e.